The molecule has 15 rings (SSSR count). The van der Waals surface area contributed by atoms with Gasteiger partial charge in [0.1, 0.15) is 11.5 Å². The van der Waals surface area contributed by atoms with Crippen molar-refractivity contribution in [3.8, 4) is 56.0 Å². The van der Waals surface area contributed by atoms with Crippen molar-refractivity contribution in [1.29, 1.82) is 0 Å². The Hall–Kier alpha value is -7.56. The van der Waals surface area contributed by atoms with E-state index in [0.717, 1.165) is 46.3 Å². The molecular formula is C68H59BN2O. The Morgan fingerprint density at radius 3 is 1.44 bits per heavy atom. The highest BCUT2D eigenvalue weighted by Crippen LogP contribution is 2.61. The van der Waals surface area contributed by atoms with Crippen LogP contribution in [0.15, 0.2) is 212 Å². The number of benzene rings is 9. The van der Waals surface area contributed by atoms with Crippen molar-refractivity contribution >= 4 is 51.5 Å². The highest BCUT2D eigenvalue weighted by molar-refractivity contribution is 6.99. The van der Waals surface area contributed by atoms with E-state index in [1.807, 2.05) is 0 Å². The zero-order chi connectivity index (χ0) is 48.1. The van der Waals surface area contributed by atoms with Crippen molar-refractivity contribution in [1.82, 2.24) is 0 Å². The minimum Gasteiger partial charge on any atom is -0.458 e. The van der Waals surface area contributed by atoms with Gasteiger partial charge in [-0.05, 0) is 189 Å². The maximum Gasteiger partial charge on any atom is 0.256 e. The fourth-order valence-corrected chi connectivity index (χ4v) is 14.2. The van der Waals surface area contributed by atoms with Gasteiger partial charge in [0.25, 0.3) is 6.71 Å². The van der Waals surface area contributed by atoms with Crippen LogP contribution in [0.25, 0.3) is 44.5 Å². The molecule has 4 fully saturated rings. The van der Waals surface area contributed by atoms with Gasteiger partial charge in [-0.3, -0.25) is 0 Å². The molecule has 0 amide bonds. The monoisotopic (exact) mass is 930 g/mol. The number of rotatable bonds is 8. The van der Waals surface area contributed by atoms with E-state index in [0.29, 0.717) is 0 Å². The lowest BCUT2D eigenvalue weighted by Gasteiger charge is -2.62. The number of hydrogen-bond donors (Lipinski definition) is 0. The van der Waals surface area contributed by atoms with Crippen LogP contribution in [0, 0.1) is 17.8 Å². The number of anilines is 5. The van der Waals surface area contributed by atoms with Crippen LogP contribution in [0.3, 0.4) is 0 Å². The van der Waals surface area contributed by atoms with Crippen LogP contribution >= 0.6 is 0 Å². The van der Waals surface area contributed by atoms with Crippen LogP contribution in [0.4, 0.5) is 28.4 Å². The van der Waals surface area contributed by atoms with Crippen LogP contribution in [0.2, 0.25) is 0 Å². The van der Waals surface area contributed by atoms with Crippen molar-refractivity contribution in [2.45, 2.75) is 70.3 Å². The average molecular weight is 931 g/mol. The summed E-state index contributed by atoms with van der Waals surface area (Å²) in [5.74, 6) is 4.26. The summed E-state index contributed by atoms with van der Waals surface area (Å²) in [6, 6.07) is 79.1. The van der Waals surface area contributed by atoms with Gasteiger partial charge in [-0.15, -0.1) is 0 Å². The van der Waals surface area contributed by atoms with Crippen LogP contribution in [-0.4, -0.2) is 12.3 Å². The maximum atomic E-state index is 7.39. The molecular weight excluding hydrogens is 872 g/mol. The molecule has 0 spiro atoms. The van der Waals surface area contributed by atoms with E-state index in [1.165, 1.54) is 116 Å². The van der Waals surface area contributed by atoms with Gasteiger partial charge in [0.2, 0.25) is 0 Å². The topological polar surface area (TPSA) is 15.7 Å². The van der Waals surface area contributed by atoms with E-state index >= 15 is 0 Å². The quantitative estimate of drug-likeness (QED) is 0.141. The molecule has 4 saturated carbocycles. The summed E-state index contributed by atoms with van der Waals surface area (Å²) in [5, 5.41) is 0. The second-order valence-electron chi connectivity index (χ2n) is 22.8. The first-order valence-corrected chi connectivity index (χ1v) is 26.4. The van der Waals surface area contributed by atoms with E-state index in [4.69, 9.17) is 4.74 Å². The molecule has 0 aromatic heterocycles. The van der Waals surface area contributed by atoms with E-state index in [1.54, 1.807) is 0 Å². The molecule has 6 aliphatic rings. The molecule has 4 heteroatoms. The van der Waals surface area contributed by atoms with Gasteiger partial charge >= 0.3 is 0 Å². The Kier molecular flexibility index (Phi) is 10.1. The minimum absolute atomic E-state index is 0.0531. The molecule has 350 valence electrons. The minimum atomic E-state index is -0.0531. The Morgan fingerprint density at radius 2 is 0.903 bits per heavy atom. The molecule has 9 aromatic carbocycles. The predicted molar refractivity (Wildman–Crippen MR) is 302 cm³/mol. The fraction of sp³-hybridized carbons (Fsp3) is 0.206. The third-order valence-corrected chi connectivity index (χ3v) is 17.1. The van der Waals surface area contributed by atoms with Crippen molar-refractivity contribution in [3.63, 3.8) is 0 Å². The standard InChI is InChI=1S/C68H59BN2O/c1-67(2,3)56-26-19-53(20-27-56)55-39-63-66-65(40-55)72-64-34-32-59(70(57-28-21-51(22-29-57)48-13-7-4-8-14-48)58-30-23-52(24-31-58)49-15-9-5-10-16-49)41-61(64)69(66)60-38-54(50-17-11-6-12-18-50)25-33-62(60)71(63)68-42-45-35-46(43-68)37-47(36-45)44-68/h4-34,38-41,45-47H,35-37,42-44H2,1-3H3. The highest BCUT2D eigenvalue weighted by Gasteiger charge is 2.56. The Morgan fingerprint density at radius 1 is 0.431 bits per heavy atom. The lowest BCUT2D eigenvalue weighted by molar-refractivity contribution is 0.000632. The Balaban J connectivity index is 0.971. The largest absolute Gasteiger partial charge is 0.458 e. The molecule has 2 heterocycles. The van der Waals surface area contributed by atoms with Gasteiger partial charge in [-0.25, -0.2) is 0 Å². The van der Waals surface area contributed by atoms with Crippen LogP contribution in [0.1, 0.15) is 64.9 Å². The van der Waals surface area contributed by atoms with Gasteiger partial charge in [0, 0.05) is 34.0 Å². The zero-order valence-corrected chi connectivity index (χ0v) is 41.6. The average Bonchev–Trinajstić information content (AvgIpc) is 3.41. The highest BCUT2D eigenvalue weighted by atomic mass is 16.5. The summed E-state index contributed by atoms with van der Waals surface area (Å²) in [6.07, 6.45) is 7.96. The molecule has 0 saturated heterocycles. The summed E-state index contributed by atoms with van der Waals surface area (Å²) in [5.41, 5.74) is 21.1. The van der Waals surface area contributed by atoms with Gasteiger partial charge in [0.15, 0.2) is 0 Å². The lowest BCUT2D eigenvalue weighted by Crippen LogP contribution is -2.66. The fourth-order valence-electron chi connectivity index (χ4n) is 14.2. The van der Waals surface area contributed by atoms with E-state index < -0.39 is 0 Å². The summed E-state index contributed by atoms with van der Waals surface area (Å²) >= 11 is 0. The van der Waals surface area contributed by atoms with Crippen LogP contribution < -0.4 is 30.9 Å². The maximum absolute atomic E-state index is 7.39. The SMILES string of the molecule is CC(C)(C)c1ccc(-c2cc3c4c(c2)N(C25CC6CC(CC(C6)C2)C5)c2ccc(-c5ccccc5)cc2B4c2cc(N(c4ccc(-c5ccccc5)cc4)c4ccc(-c5ccccc5)cc4)ccc2O3)cc1. The summed E-state index contributed by atoms with van der Waals surface area (Å²) in [4.78, 5) is 5.33. The third-order valence-electron chi connectivity index (χ3n) is 17.1. The number of nitrogens with zero attached hydrogens (tertiary/aromatic N) is 2. The van der Waals surface area contributed by atoms with E-state index in [2.05, 4.69) is 243 Å². The van der Waals surface area contributed by atoms with Gasteiger partial charge in [-0.1, -0.05) is 172 Å². The Labute approximate surface area is 425 Å². The summed E-state index contributed by atoms with van der Waals surface area (Å²) < 4.78 is 7.39. The molecule has 0 atom stereocenters. The second-order valence-corrected chi connectivity index (χ2v) is 22.8. The molecule has 2 aliphatic heterocycles. The first kappa shape index (κ1) is 43.3. The van der Waals surface area contributed by atoms with Crippen molar-refractivity contribution in [2.24, 2.45) is 17.8 Å². The van der Waals surface area contributed by atoms with E-state index in [-0.39, 0.29) is 17.7 Å². The molecule has 72 heavy (non-hydrogen) atoms. The summed E-state index contributed by atoms with van der Waals surface area (Å²) in [6.45, 7) is 6.85. The summed E-state index contributed by atoms with van der Waals surface area (Å²) in [7, 11) is 0. The molecule has 9 aromatic rings. The van der Waals surface area contributed by atoms with Crippen molar-refractivity contribution in [3.05, 3.63) is 218 Å². The molecule has 3 nitrogen and oxygen atoms in total. The molecule has 0 N–H and O–H groups in total. The molecule has 4 aliphatic carbocycles. The van der Waals surface area contributed by atoms with Crippen LogP contribution in [0.5, 0.6) is 11.5 Å². The number of fused-ring (bicyclic) bond motifs is 4. The number of ether oxygens (including phenoxy) is 1. The third kappa shape index (κ3) is 7.32. The number of hydrogen-bond acceptors (Lipinski definition) is 3. The van der Waals surface area contributed by atoms with Gasteiger partial charge in [-0.2, -0.15) is 0 Å². The van der Waals surface area contributed by atoms with E-state index in [9.17, 15) is 0 Å². The van der Waals surface area contributed by atoms with Gasteiger partial charge in [0.05, 0.1) is 0 Å². The normalized spacial score (nSPS) is 20.1. The Bertz CT molecular complexity index is 3370. The first-order valence-electron chi connectivity index (χ1n) is 26.4. The van der Waals surface area contributed by atoms with Crippen molar-refractivity contribution in [2.75, 3.05) is 9.80 Å². The smallest absolute Gasteiger partial charge is 0.256 e. The molecule has 0 radical (unpaired) electrons. The second kappa shape index (κ2) is 16.8. The molecule has 0 unspecified atom stereocenters. The van der Waals surface area contributed by atoms with Crippen molar-refractivity contribution < 1.29 is 4.74 Å². The molecule has 4 bridgehead atoms. The lowest BCUT2D eigenvalue weighted by atomic mass is 9.33. The first-order chi connectivity index (χ1) is 35.2. The van der Waals surface area contributed by atoms with Crippen LogP contribution in [-0.2, 0) is 5.41 Å². The zero-order valence-electron chi connectivity index (χ0n) is 41.6. The predicted octanol–water partition coefficient (Wildman–Crippen LogP) is 16.2. The van der Waals surface area contributed by atoms with Gasteiger partial charge < -0.3 is 14.5 Å².